The van der Waals surface area contributed by atoms with E-state index in [4.69, 9.17) is 4.74 Å². The van der Waals surface area contributed by atoms with Gasteiger partial charge in [0.1, 0.15) is 11.6 Å². The van der Waals surface area contributed by atoms with E-state index in [-0.39, 0.29) is 18.3 Å². The molecule has 1 fully saturated rings. The number of pyridine rings is 1. The average molecular weight is 463 g/mol. The minimum Gasteiger partial charge on any atom is -0.497 e. The molecule has 0 bridgehead atoms. The van der Waals surface area contributed by atoms with Crippen LogP contribution in [0, 0.1) is 29.5 Å². The van der Waals surface area contributed by atoms with Gasteiger partial charge in [-0.15, -0.1) is 0 Å². The van der Waals surface area contributed by atoms with Crippen molar-refractivity contribution < 1.29 is 19.3 Å². The summed E-state index contributed by atoms with van der Waals surface area (Å²) in [6.07, 6.45) is 3.50. The van der Waals surface area contributed by atoms with Crippen molar-refractivity contribution in [1.82, 2.24) is 9.88 Å². The summed E-state index contributed by atoms with van der Waals surface area (Å²) in [7, 11) is 1.63. The van der Waals surface area contributed by atoms with Crippen LogP contribution in [-0.2, 0) is 0 Å². The van der Waals surface area contributed by atoms with E-state index < -0.39 is 6.10 Å². The van der Waals surface area contributed by atoms with Gasteiger partial charge >= 0.3 is 0 Å². The van der Waals surface area contributed by atoms with Gasteiger partial charge in [0.15, 0.2) is 0 Å². The molecule has 5 nitrogen and oxygen atoms in total. The third-order valence-corrected chi connectivity index (χ3v) is 6.76. The van der Waals surface area contributed by atoms with Crippen molar-refractivity contribution in [2.75, 3.05) is 33.4 Å². The highest BCUT2D eigenvalue weighted by Crippen LogP contribution is 2.33. The molecule has 2 heterocycles. The van der Waals surface area contributed by atoms with Crippen LogP contribution in [0.1, 0.15) is 36.5 Å². The predicted molar refractivity (Wildman–Crippen MR) is 131 cm³/mol. The molecule has 4 rings (SSSR count). The molecule has 3 atom stereocenters. The van der Waals surface area contributed by atoms with Crippen LogP contribution in [0.15, 0.2) is 54.7 Å². The van der Waals surface area contributed by atoms with E-state index in [0.29, 0.717) is 24.4 Å². The average Bonchev–Trinajstić information content (AvgIpc) is 2.88. The number of rotatable bonds is 7. The van der Waals surface area contributed by atoms with Gasteiger partial charge < -0.3 is 14.9 Å². The summed E-state index contributed by atoms with van der Waals surface area (Å²) in [5, 5.41) is 21.9. The van der Waals surface area contributed by atoms with E-state index in [1.165, 1.54) is 6.07 Å². The minimum absolute atomic E-state index is 0.105. The molecule has 0 aliphatic carbocycles. The quantitative estimate of drug-likeness (QED) is 0.516. The Balaban J connectivity index is 1.34. The zero-order valence-corrected chi connectivity index (χ0v) is 19.5. The predicted octanol–water partition coefficient (Wildman–Crippen LogP) is 4.18. The third-order valence-electron chi connectivity index (χ3n) is 6.76. The van der Waals surface area contributed by atoms with Crippen LogP contribution in [0.5, 0.6) is 5.75 Å². The molecular formula is C28H31FN2O3. The van der Waals surface area contributed by atoms with Crippen molar-refractivity contribution in [3.05, 3.63) is 71.7 Å². The Morgan fingerprint density at radius 3 is 2.85 bits per heavy atom. The fraction of sp³-hybridized carbons (Fsp3) is 0.393. The Morgan fingerprint density at radius 1 is 1.21 bits per heavy atom. The van der Waals surface area contributed by atoms with Crippen LogP contribution in [0.4, 0.5) is 4.39 Å². The molecule has 1 saturated heterocycles. The van der Waals surface area contributed by atoms with Crippen molar-refractivity contribution in [1.29, 1.82) is 0 Å². The number of piperidine rings is 1. The van der Waals surface area contributed by atoms with E-state index in [2.05, 4.69) is 21.7 Å². The molecule has 0 radical (unpaired) electrons. The molecule has 2 N–H and O–H groups in total. The van der Waals surface area contributed by atoms with E-state index in [1.54, 1.807) is 31.5 Å². The summed E-state index contributed by atoms with van der Waals surface area (Å²) in [5.74, 6) is 6.87. The van der Waals surface area contributed by atoms with Crippen molar-refractivity contribution in [2.24, 2.45) is 11.8 Å². The molecule has 6 heteroatoms. The summed E-state index contributed by atoms with van der Waals surface area (Å²) in [6.45, 7) is 2.27. The van der Waals surface area contributed by atoms with Gasteiger partial charge in [-0.3, -0.25) is 9.88 Å². The molecule has 0 spiro atoms. The van der Waals surface area contributed by atoms with E-state index in [9.17, 15) is 14.6 Å². The van der Waals surface area contributed by atoms with Crippen LogP contribution in [0.3, 0.4) is 0 Å². The monoisotopic (exact) mass is 462 g/mol. The summed E-state index contributed by atoms with van der Waals surface area (Å²) in [4.78, 5) is 6.61. The Hall–Kier alpha value is -2.98. The number of fused-ring (bicyclic) bond motifs is 1. The summed E-state index contributed by atoms with van der Waals surface area (Å²) >= 11 is 0. The standard InChI is InChI=1S/C28H31FN2O3/c1-34-23-9-10-27-25(17-23)24(12-14-30-27)28(33)11-8-20-13-16-31(18-22(20)19-32)15-4-6-21-5-2-3-7-26(21)29/h2-3,5,7,9-10,12,14,17,20,22,28,32-33H,8,11,13,15-16,18-19H2,1H3/t20-,22-,28-/m1/s1. The lowest BCUT2D eigenvalue weighted by molar-refractivity contribution is 0.0640. The first-order chi connectivity index (χ1) is 16.6. The maximum atomic E-state index is 13.7. The number of methoxy groups -OCH3 is 1. The number of aliphatic hydroxyl groups is 2. The summed E-state index contributed by atoms with van der Waals surface area (Å²) in [6, 6.07) is 14.1. The second-order valence-electron chi connectivity index (χ2n) is 8.88. The number of aliphatic hydroxyl groups excluding tert-OH is 2. The van der Waals surface area contributed by atoms with Gasteiger partial charge in [0.25, 0.3) is 0 Å². The number of nitrogens with zero attached hydrogens (tertiary/aromatic N) is 2. The lowest BCUT2D eigenvalue weighted by Crippen LogP contribution is -2.42. The van der Waals surface area contributed by atoms with E-state index >= 15 is 0 Å². The van der Waals surface area contributed by atoms with Gasteiger partial charge in [-0.25, -0.2) is 4.39 Å². The molecule has 34 heavy (non-hydrogen) atoms. The fourth-order valence-corrected chi connectivity index (χ4v) is 4.79. The van der Waals surface area contributed by atoms with Crippen molar-refractivity contribution in [3.8, 4) is 17.6 Å². The second-order valence-corrected chi connectivity index (χ2v) is 8.88. The first-order valence-corrected chi connectivity index (χ1v) is 11.8. The molecule has 178 valence electrons. The van der Waals surface area contributed by atoms with Crippen molar-refractivity contribution in [3.63, 3.8) is 0 Å². The lowest BCUT2D eigenvalue weighted by atomic mass is 9.81. The summed E-state index contributed by atoms with van der Waals surface area (Å²) < 4.78 is 19.1. The Labute approximate surface area is 200 Å². The summed E-state index contributed by atoms with van der Waals surface area (Å²) in [5.41, 5.74) is 2.09. The van der Waals surface area contributed by atoms with Crippen LogP contribution in [-0.4, -0.2) is 53.4 Å². The largest absolute Gasteiger partial charge is 0.497 e. The smallest absolute Gasteiger partial charge is 0.138 e. The molecule has 2 aromatic carbocycles. The Morgan fingerprint density at radius 2 is 2.06 bits per heavy atom. The van der Waals surface area contributed by atoms with Gasteiger partial charge in [0.05, 0.1) is 30.8 Å². The first-order valence-electron chi connectivity index (χ1n) is 11.8. The first kappa shape index (κ1) is 24.2. The zero-order chi connectivity index (χ0) is 23.9. The second kappa shape index (κ2) is 11.4. The number of ether oxygens (including phenoxy) is 1. The van der Waals surface area contributed by atoms with Crippen LogP contribution >= 0.6 is 0 Å². The van der Waals surface area contributed by atoms with E-state index in [0.717, 1.165) is 48.1 Å². The highest BCUT2D eigenvalue weighted by atomic mass is 19.1. The lowest BCUT2D eigenvalue weighted by Gasteiger charge is -2.37. The molecule has 1 aliphatic heterocycles. The number of halogens is 1. The van der Waals surface area contributed by atoms with Crippen molar-refractivity contribution in [2.45, 2.75) is 25.4 Å². The van der Waals surface area contributed by atoms with Gasteiger partial charge in [0.2, 0.25) is 0 Å². The highest BCUT2D eigenvalue weighted by Gasteiger charge is 2.29. The third kappa shape index (κ3) is 5.74. The number of hydrogen-bond donors (Lipinski definition) is 2. The highest BCUT2D eigenvalue weighted by molar-refractivity contribution is 5.83. The molecule has 1 aliphatic rings. The van der Waals surface area contributed by atoms with Crippen LogP contribution < -0.4 is 4.74 Å². The zero-order valence-electron chi connectivity index (χ0n) is 19.5. The number of aromatic nitrogens is 1. The van der Waals surface area contributed by atoms with Gasteiger partial charge in [-0.1, -0.05) is 24.0 Å². The van der Waals surface area contributed by atoms with E-state index in [1.807, 2.05) is 24.3 Å². The Kier molecular flexibility index (Phi) is 8.12. The number of hydrogen-bond acceptors (Lipinski definition) is 5. The normalized spacial score (nSPS) is 19.4. The molecule has 0 saturated carbocycles. The molecule has 3 aromatic rings. The van der Waals surface area contributed by atoms with Crippen molar-refractivity contribution >= 4 is 10.9 Å². The maximum Gasteiger partial charge on any atom is 0.138 e. The SMILES string of the molecule is COc1ccc2nccc([C@H](O)CC[C@@H]3CCN(CC#Cc4ccccc4F)C[C@@H]3CO)c2c1. The topological polar surface area (TPSA) is 65.8 Å². The molecule has 0 unspecified atom stereocenters. The van der Waals surface area contributed by atoms with Crippen LogP contribution in [0.2, 0.25) is 0 Å². The van der Waals surface area contributed by atoms with Crippen LogP contribution in [0.25, 0.3) is 10.9 Å². The fourth-order valence-electron chi connectivity index (χ4n) is 4.79. The molecule has 1 aromatic heterocycles. The number of benzene rings is 2. The maximum absolute atomic E-state index is 13.7. The number of likely N-dealkylation sites (tertiary alicyclic amines) is 1. The van der Waals surface area contributed by atoms with Gasteiger partial charge in [-0.2, -0.15) is 0 Å². The van der Waals surface area contributed by atoms with Gasteiger partial charge in [0, 0.05) is 24.7 Å². The minimum atomic E-state index is -0.610. The van der Waals surface area contributed by atoms with Gasteiger partial charge in [-0.05, 0) is 79.6 Å². The Bertz CT molecular complexity index is 1170. The molecule has 0 amide bonds. The molecular weight excluding hydrogens is 431 g/mol.